The summed E-state index contributed by atoms with van der Waals surface area (Å²) in [6.45, 7) is 1.53. The topological polar surface area (TPSA) is 40.2 Å². The van der Waals surface area contributed by atoms with Crippen LogP contribution in [0.3, 0.4) is 0 Å². The second-order valence-electron chi connectivity index (χ2n) is 5.84. The molecular formula is C21H25NO4. The lowest BCUT2D eigenvalue weighted by Crippen LogP contribution is -2.19. The molecule has 0 aliphatic carbocycles. The van der Waals surface area contributed by atoms with Crippen molar-refractivity contribution in [2.24, 2.45) is 0 Å². The van der Waals surface area contributed by atoms with E-state index in [0.717, 1.165) is 23.4 Å². The predicted octanol–water partition coefficient (Wildman–Crippen LogP) is 3.05. The minimum absolute atomic E-state index is 0.555. The molecule has 0 spiro atoms. The van der Waals surface area contributed by atoms with Crippen molar-refractivity contribution >= 4 is 0 Å². The van der Waals surface area contributed by atoms with E-state index in [1.165, 1.54) is 0 Å². The zero-order chi connectivity index (χ0) is 18.9. The van der Waals surface area contributed by atoms with E-state index in [4.69, 9.17) is 18.9 Å². The van der Waals surface area contributed by atoms with Gasteiger partial charge in [-0.25, -0.2) is 0 Å². The first-order valence-electron chi connectivity index (χ1n) is 8.27. The molecule has 26 heavy (non-hydrogen) atoms. The van der Waals surface area contributed by atoms with Gasteiger partial charge in [0.05, 0.1) is 21.3 Å². The average Bonchev–Trinajstić information content (AvgIpc) is 2.66. The summed E-state index contributed by atoms with van der Waals surface area (Å²) in [7, 11) is 8.79. The van der Waals surface area contributed by atoms with Crippen LogP contribution in [0.2, 0.25) is 0 Å². The fourth-order valence-electron chi connectivity index (χ4n) is 2.28. The fraction of sp³-hybridized carbons (Fsp3) is 0.333. The van der Waals surface area contributed by atoms with Crippen LogP contribution in [0.25, 0.3) is 0 Å². The van der Waals surface area contributed by atoms with Gasteiger partial charge in [-0.05, 0) is 50.5 Å². The molecule has 2 aromatic carbocycles. The summed E-state index contributed by atoms with van der Waals surface area (Å²) in [6.07, 6.45) is 0. The third-order valence-electron chi connectivity index (χ3n) is 3.68. The average molecular weight is 355 g/mol. The van der Waals surface area contributed by atoms with Crippen molar-refractivity contribution in [1.82, 2.24) is 4.90 Å². The monoisotopic (exact) mass is 355 g/mol. The zero-order valence-electron chi connectivity index (χ0n) is 16.0. The molecular weight excluding hydrogens is 330 g/mol. The highest BCUT2D eigenvalue weighted by Crippen LogP contribution is 2.37. The third kappa shape index (κ3) is 5.33. The van der Waals surface area contributed by atoms with E-state index in [-0.39, 0.29) is 0 Å². The Morgan fingerprint density at radius 2 is 1.38 bits per heavy atom. The van der Waals surface area contributed by atoms with Crippen LogP contribution in [-0.4, -0.2) is 53.5 Å². The second-order valence-corrected chi connectivity index (χ2v) is 5.84. The van der Waals surface area contributed by atoms with Gasteiger partial charge in [0.15, 0.2) is 11.5 Å². The van der Waals surface area contributed by atoms with Crippen molar-refractivity contribution in [3.05, 3.63) is 47.5 Å². The molecule has 0 saturated heterocycles. The highest BCUT2D eigenvalue weighted by Gasteiger charge is 2.12. The summed E-state index contributed by atoms with van der Waals surface area (Å²) < 4.78 is 21.7. The van der Waals surface area contributed by atoms with Gasteiger partial charge >= 0.3 is 0 Å². The van der Waals surface area contributed by atoms with Crippen molar-refractivity contribution in [3.63, 3.8) is 0 Å². The van der Waals surface area contributed by atoms with E-state index in [1.54, 1.807) is 21.3 Å². The summed E-state index contributed by atoms with van der Waals surface area (Å²) in [5, 5.41) is 0. The van der Waals surface area contributed by atoms with Crippen molar-refractivity contribution in [2.45, 2.75) is 0 Å². The molecule has 2 rings (SSSR count). The largest absolute Gasteiger partial charge is 0.493 e. The number of hydrogen-bond donors (Lipinski definition) is 0. The summed E-state index contributed by atoms with van der Waals surface area (Å²) >= 11 is 0. The maximum atomic E-state index is 5.68. The van der Waals surface area contributed by atoms with Crippen molar-refractivity contribution in [3.8, 4) is 34.8 Å². The van der Waals surface area contributed by atoms with Gasteiger partial charge < -0.3 is 23.8 Å². The smallest absolute Gasteiger partial charge is 0.203 e. The molecule has 0 heterocycles. The third-order valence-corrected chi connectivity index (χ3v) is 3.68. The number of nitrogens with zero attached hydrogens (tertiary/aromatic N) is 1. The van der Waals surface area contributed by atoms with E-state index in [0.29, 0.717) is 23.9 Å². The van der Waals surface area contributed by atoms with Crippen molar-refractivity contribution in [2.75, 3.05) is 48.6 Å². The van der Waals surface area contributed by atoms with Gasteiger partial charge in [0.1, 0.15) is 12.4 Å². The molecule has 5 nitrogen and oxygen atoms in total. The maximum absolute atomic E-state index is 5.68. The number of hydrogen-bond acceptors (Lipinski definition) is 5. The standard InChI is InChI=1S/C21H25NO4/c1-22(2)12-13-26-18-10-8-16(9-11-18)6-7-17-14-19(23-3)21(25-5)20(15-17)24-4/h8-11,14-15H,12-13H2,1-5H3. The van der Waals surface area contributed by atoms with Gasteiger partial charge in [-0.3, -0.25) is 0 Å². The van der Waals surface area contributed by atoms with Crippen LogP contribution in [0, 0.1) is 11.8 Å². The van der Waals surface area contributed by atoms with Gasteiger partial charge in [0, 0.05) is 17.7 Å². The Morgan fingerprint density at radius 1 is 0.808 bits per heavy atom. The van der Waals surface area contributed by atoms with Gasteiger partial charge in [-0.2, -0.15) is 0 Å². The highest BCUT2D eigenvalue weighted by atomic mass is 16.5. The lowest BCUT2D eigenvalue weighted by Gasteiger charge is -2.12. The Morgan fingerprint density at radius 3 is 1.88 bits per heavy atom. The van der Waals surface area contributed by atoms with Crippen LogP contribution in [0.5, 0.6) is 23.0 Å². The molecule has 5 heteroatoms. The van der Waals surface area contributed by atoms with Gasteiger partial charge in [-0.1, -0.05) is 11.8 Å². The molecule has 0 atom stereocenters. The number of ether oxygens (including phenoxy) is 4. The molecule has 0 aliphatic heterocycles. The van der Waals surface area contributed by atoms with Crippen molar-refractivity contribution in [1.29, 1.82) is 0 Å². The highest BCUT2D eigenvalue weighted by molar-refractivity contribution is 5.58. The van der Waals surface area contributed by atoms with Crippen LogP contribution < -0.4 is 18.9 Å². The molecule has 0 aliphatic rings. The maximum Gasteiger partial charge on any atom is 0.203 e. The first kappa shape index (κ1) is 19.5. The van der Waals surface area contributed by atoms with Crippen LogP contribution in [0.4, 0.5) is 0 Å². The second kappa shape index (κ2) is 9.59. The molecule has 0 saturated carbocycles. The Balaban J connectivity index is 2.13. The molecule has 0 amide bonds. The number of likely N-dealkylation sites (N-methyl/N-ethyl adjacent to an activating group) is 1. The fourth-order valence-corrected chi connectivity index (χ4v) is 2.28. The summed E-state index contributed by atoms with van der Waals surface area (Å²) in [5.41, 5.74) is 1.68. The van der Waals surface area contributed by atoms with Crippen LogP contribution in [-0.2, 0) is 0 Å². The van der Waals surface area contributed by atoms with Gasteiger partial charge in [0.25, 0.3) is 0 Å². The Hall–Kier alpha value is -2.84. The summed E-state index contributed by atoms with van der Waals surface area (Å²) in [6, 6.07) is 11.4. The van der Waals surface area contributed by atoms with Crippen LogP contribution in [0.15, 0.2) is 36.4 Å². The van der Waals surface area contributed by atoms with Gasteiger partial charge in [0.2, 0.25) is 5.75 Å². The predicted molar refractivity (Wildman–Crippen MR) is 103 cm³/mol. The molecule has 138 valence electrons. The van der Waals surface area contributed by atoms with E-state index >= 15 is 0 Å². The number of rotatable bonds is 7. The molecule has 0 fully saturated rings. The van der Waals surface area contributed by atoms with E-state index < -0.39 is 0 Å². The molecule has 2 aromatic rings. The molecule has 0 bridgehead atoms. The van der Waals surface area contributed by atoms with Crippen LogP contribution in [0.1, 0.15) is 11.1 Å². The number of methoxy groups -OCH3 is 3. The lowest BCUT2D eigenvalue weighted by atomic mass is 10.1. The lowest BCUT2D eigenvalue weighted by molar-refractivity contribution is 0.261. The number of benzene rings is 2. The normalized spacial score (nSPS) is 10.1. The molecule has 0 N–H and O–H groups in total. The Kier molecular flexibility index (Phi) is 7.19. The van der Waals surface area contributed by atoms with E-state index in [9.17, 15) is 0 Å². The molecule has 0 aromatic heterocycles. The Bertz CT molecular complexity index is 748. The van der Waals surface area contributed by atoms with Crippen LogP contribution >= 0.6 is 0 Å². The Labute approximate surface area is 155 Å². The molecule has 0 radical (unpaired) electrons. The first-order chi connectivity index (χ1) is 12.6. The first-order valence-corrected chi connectivity index (χ1v) is 8.27. The molecule has 0 unspecified atom stereocenters. The zero-order valence-corrected chi connectivity index (χ0v) is 16.0. The SMILES string of the molecule is COc1cc(C#Cc2ccc(OCCN(C)C)cc2)cc(OC)c1OC. The summed E-state index contributed by atoms with van der Waals surface area (Å²) in [5.74, 6) is 8.82. The quantitative estimate of drug-likeness (QED) is 0.714. The van der Waals surface area contributed by atoms with Crippen molar-refractivity contribution < 1.29 is 18.9 Å². The van der Waals surface area contributed by atoms with E-state index in [2.05, 4.69) is 16.7 Å². The minimum atomic E-state index is 0.555. The summed E-state index contributed by atoms with van der Waals surface area (Å²) in [4.78, 5) is 2.08. The van der Waals surface area contributed by atoms with Gasteiger partial charge in [-0.15, -0.1) is 0 Å². The minimum Gasteiger partial charge on any atom is -0.493 e. The van der Waals surface area contributed by atoms with E-state index in [1.807, 2.05) is 50.5 Å².